The predicted molar refractivity (Wildman–Crippen MR) is 119 cm³/mol. The Morgan fingerprint density at radius 1 is 1.07 bits per heavy atom. The van der Waals surface area contributed by atoms with Crippen LogP contribution in [0.25, 0.3) is 0 Å². The van der Waals surface area contributed by atoms with Gasteiger partial charge in [0.05, 0.1) is 11.5 Å². The van der Waals surface area contributed by atoms with Crippen molar-refractivity contribution in [1.82, 2.24) is 0 Å². The number of carbonyl (C=O) groups is 2. The number of rotatable bonds is 5. The Balaban J connectivity index is 2.19. The number of hydrogen-bond acceptors (Lipinski definition) is 4. The fraction of sp³-hybridized carbons (Fsp3) is 0.333. The summed E-state index contributed by atoms with van der Waals surface area (Å²) >= 11 is 3.42. The largest absolute Gasteiger partial charge is 0.389 e. The summed E-state index contributed by atoms with van der Waals surface area (Å²) in [7, 11) is 0. The molecule has 0 heterocycles. The lowest BCUT2D eigenvalue weighted by Gasteiger charge is -2.43. The summed E-state index contributed by atoms with van der Waals surface area (Å²) in [5.41, 5.74) is 2.71. The Labute approximate surface area is 180 Å². The molecule has 0 spiro atoms. The maximum Gasteiger partial charge on any atom is 0.158 e. The maximum absolute atomic E-state index is 12.8. The predicted octanol–water partition coefficient (Wildman–Crippen LogP) is 5.16. The fourth-order valence-corrected chi connectivity index (χ4v) is 4.60. The highest BCUT2D eigenvalue weighted by molar-refractivity contribution is 9.10. The van der Waals surface area contributed by atoms with Crippen LogP contribution in [0.2, 0.25) is 0 Å². The highest BCUT2D eigenvalue weighted by atomic mass is 79.9. The minimum atomic E-state index is -1.28. The van der Waals surface area contributed by atoms with Gasteiger partial charge in [-0.05, 0) is 57.5 Å². The van der Waals surface area contributed by atoms with Crippen LogP contribution in [-0.4, -0.2) is 22.3 Å². The first kappa shape index (κ1) is 21.5. The van der Waals surface area contributed by atoms with Crippen LogP contribution in [0.15, 0.2) is 64.3 Å². The van der Waals surface area contributed by atoms with Gasteiger partial charge in [-0.15, -0.1) is 0 Å². The molecule has 3 atom stereocenters. The average Bonchev–Trinajstić information content (AvgIpc) is 2.62. The van der Waals surface area contributed by atoms with Gasteiger partial charge in [-0.1, -0.05) is 45.8 Å². The molecule has 1 aliphatic rings. The van der Waals surface area contributed by atoms with E-state index in [2.05, 4.69) is 21.2 Å². The lowest BCUT2D eigenvalue weighted by molar-refractivity contribution is -0.131. The molecule has 3 rings (SSSR count). The van der Waals surface area contributed by atoms with Crippen molar-refractivity contribution in [3.8, 4) is 0 Å². The summed E-state index contributed by atoms with van der Waals surface area (Å²) < 4.78 is 0.952. The zero-order valence-corrected chi connectivity index (χ0v) is 18.7. The Morgan fingerprint density at radius 2 is 1.66 bits per heavy atom. The van der Waals surface area contributed by atoms with Crippen LogP contribution in [0.3, 0.4) is 0 Å². The normalized spacial score (nSPS) is 24.3. The Hall–Kier alpha value is -2.24. The number of aliphatic hydroxyl groups is 1. The van der Waals surface area contributed by atoms with Crippen LogP contribution >= 0.6 is 15.9 Å². The number of Topliss-reactive ketones (excluding diaryl/α,β-unsaturated/α-hetero) is 2. The number of anilines is 1. The van der Waals surface area contributed by atoms with Gasteiger partial charge in [-0.3, -0.25) is 9.59 Å². The molecule has 29 heavy (non-hydrogen) atoms. The molecule has 2 N–H and O–H groups in total. The molecule has 0 fully saturated rings. The Morgan fingerprint density at radius 3 is 2.17 bits per heavy atom. The Kier molecular flexibility index (Phi) is 6.11. The second kappa shape index (κ2) is 8.25. The van der Waals surface area contributed by atoms with E-state index in [1.807, 2.05) is 55.5 Å². The second-order valence-electron chi connectivity index (χ2n) is 8.09. The van der Waals surface area contributed by atoms with E-state index in [0.29, 0.717) is 11.3 Å². The zero-order chi connectivity index (χ0) is 21.3. The zero-order valence-electron chi connectivity index (χ0n) is 17.1. The molecule has 152 valence electrons. The van der Waals surface area contributed by atoms with E-state index in [-0.39, 0.29) is 18.0 Å². The molecule has 0 saturated carbocycles. The first-order valence-electron chi connectivity index (χ1n) is 9.66. The molecule has 2 aromatic rings. The molecule has 0 saturated heterocycles. The monoisotopic (exact) mass is 455 g/mol. The number of hydrogen-bond donors (Lipinski definition) is 2. The molecule has 0 radical (unpaired) electrons. The topological polar surface area (TPSA) is 66.4 Å². The quantitative estimate of drug-likeness (QED) is 0.653. The van der Waals surface area contributed by atoms with Crippen molar-refractivity contribution in [2.75, 3.05) is 5.32 Å². The summed E-state index contributed by atoms with van der Waals surface area (Å²) in [5.74, 6) is -1.43. The first-order valence-corrected chi connectivity index (χ1v) is 10.5. The van der Waals surface area contributed by atoms with Gasteiger partial charge in [0.25, 0.3) is 0 Å². The molecular formula is C24H26BrNO3. The van der Waals surface area contributed by atoms with Gasteiger partial charge in [-0.2, -0.15) is 0 Å². The summed E-state index contributed by atoms with van der Waals surface area (Å²) in [6, 6.07) is 15.4. The van der Waals surface area contributed by atoms with Crippen LogP contribution in [0.5, 0.6) is 0 Å². The molecule has 0 aliphatic heterocycles. The molecule has 5 heteroatoms. The maximum atomic E-state index is 12.8. The van der Waals surface area contributed by atoms with E-state index in [4.69, 9.17) is 0 Å². The average molecular weight is 456 g/mol. The number of allylic oxidation sites excluding steroid dienone is 1. The lowest BCUT2D eigenvalue weighted by Crippen LogP contribution is -2.48. The molecule has 4 nitrogen and oxygen atoms in total. The van der Waals surface area contributed by atoms with Gasteiger partial charge in [0, 0.05) is 33.8 Å². The summed E-state index contributed by atoms with van der Waals surface area (Å²) in [5, 5.41) is 14.6. The Bertz CT molecular complexity index is 959. The lowest BCUT2D eigenvalue weighted by atomic mass is 9.64. The summed E-state index contributed by atoms with van der Waals surface area (Å²) in [6.07, 6.45) is 0.199. The van der Waals surface area contributed by atoms with E-state index >= 15 is 0 Å². The van der Waals surface area contributed by atoms with Gasteiger partial charge in [-0.25, -0.2) is 0 Å². The SMILES string of the molecule is CC(=O)C1=C(Nc2ccc(Br)cc2)C[C@](C)(O)[C@@H](C(C)=O)[C@@H]1c1ccc(C)cc1. The standard InChI is InChI=1S/C24H26BrNO3/c1-14-5-7-17(8-6-14)22-21(15(2)27)20(13-24(4,29)23(22)16(3)28)26-19-11-9-18(25)10-12-19/h5-12,22-23,26,29H,13H2,1-4H3/t22-,23+,24+/m1/s1. The molecule has 2 aromatic carbocycles. The number of ketones is 2. The van der Waals surface area contributed by atoms with Crippen molar-refractivity contribution < 1.29 is 14.7 Å². The molecule has 0 bridgehead atoms. The van der Waals surface area contributed by atoms with E-state index < -0.39 is 17.4 Å². The van der Waals surface area contributed by atoms with Crippen molar-refractivity contribution in [2.24, 2.45) is 5.92 Å². The summed E-state index contributed by atoms with van der Waals surface area (Å²) in [6.45, 7) is 6.69. The fourth-order valence-electron chi connectivity index (χ4n) is 4.33. The van der Waals surface area contributed by atoms with Crippen molar-refractivity contribution in [1.29, 1.82) is 0 Å². The third kappa shape index (κ3) is 4.51. The first-order chi connectivity index (χ1) is 13.6. The van der Waals surface area contributed by atoms with Crippen LogP contribution < -0.4 is 5.32 Å². The smallest absolute Gasteiger partial charge is 0.158 e. The van der Waals surface area contributed by atoms with E-state index in [1.165, 1.54) is 13.8 Å². The van der Waals surface area contributed by atoms with Gasteiger partial charge in [0.2, 0.25) is 0 Å². The van der Waals surface area contributed by atoms with E-state index in [9.17, 15) is 14.7 Å². The highest BCUT2D eigenvalue weighted by Crippen LogP contribution is 2.47. The third-order valence-electron chi connectivity index (χ3n) is 5.57. The van der Waals surface area contributed by atoms with E-state index in [1.54, 1.807) is 6.92 Å². The van der Waals surface area contributed by atoms with Crippen LogP contribution in [0, 0.1) is 12.8 Å². The molecule has 0 unspecified atom stereocenters. The minimum absolute atomic E-state index is 0.100. The van der Waals surface area contributed by atoms with Crippen molar-refractivity contribution in [3.63, 3.8) is 0 Å². The van der Waals surface area contributed by atoms with Gasteiger partial charge < -0.3 is 10.4 Å². The van der Waals surface area contributed by atoms with Crippen molar-refractivity contribution >= 4 is 33.2 Å². The second-order valence-corrected chi connectivity index (χ2v) is 9.01. The van der Waals surface area contributed by atoms with Crippen molar-refractivity contribution in [2.45, 2.75) is 45.6 Å². The number of halogens is 1. The number of nitrogens with one attached hydrogen (secondary N) is 1. The minimum Gasteiger partial charge on any atom is -0.389 e. The number of benzene rings is 2. The van der Waals surface area contributed by atoms with Crippen LogP contribution in [-0.2, 0) is 9.59 Å². The molecule has 1 aliphatic carbocycles. The van der Waals surface area contributed by atoms with Gasteiger partial charge in [0.1, 0.15) is 5.78 Å². The van der Waals surface area contributed by atoms with Crippen LogP contribution in [0.1, 0.15) is 44.2 Å². The molecule has 0 aromatic heterocycles. The third-order valence-corrected chi connectivity index (χ3v) is 6.10. The van der Waals surface area contributed by atoms with Crippen LogP contribution in [0.4, 0.5) is 5.69 Å². The van der Waals surface area contributed by atoms with Gasteiger partial charge in [0.15, 0.2) is 5.78 Å². The highest BCUT2D eigenvalue weighted by Gasteiger charge is 2.49. The summed E-state index contributed by atoms with van der Waals surface area (Å²) in [4.78, 5) is 25.4. The van der Waals surface area contributed by atoms with Gasteiger partial charge >= 0.3 is 0 Å². The van der Waals surface area contributed by atoms with Crippen molar-refractivity contribution in [3.05, 3.63) is 75.4 Å². The van der Waals surface area contributed by atoms with E-state index in [0.717, 1.165) is 21.3 Å². The number of carbonyl (C=O) groups excluding carboxylic acids is 2. The number of aryl methyl sites for hydroxylation is 1. The molecular weight excluding hydrogens is 430 g/mol. The molecule has 0 amide bonds.